The number of aliphatic hydroxyl groups is 4. The lowest BCUT2D eigenvalue weighted by atomic mass is 9.84. The van der Waals surface area contributed by atoms with Gasteiger partial charge in [0.2, 0.25) is 0 Å². The van der Waals surface area contributed by atoms with Gasteiger partial charge in [-0.25, -0.2) is 32.6 Å². The number of benzene rings is 1. The van der Waals surface area contributed by atoms with Gasteiger partial charge in [-0.15, -0.1) is 0 Å². The van der Waals surface area contributed by atoms with Crippen molar-refractivity contribution in [2.45, 2.75) is 23.7 Å². The molecule has 0 bridgehead atoms. The van der Waals surface area contributed by atoms with Gasteiger partial charge in [-0.2, -0.15) is 12.9 Å². The molecule has 3 unspecified atom stereocenters. The van der Waals surface area contributed by atoms with Crippen LogP contribution in [0.15, 0.2) is 47.7 Å². The number of phosphoric ester groups is 1. The van der Waals surface area contributed by atoms with Crippen LogP contribution in [0, 0.1) is 10.1 Å². The second-order valence-corrected chi connectivity index (χ2v) is 14.9. The summed E-state index contributed by atoms with van der Waals surface area (Å²) in [7, 11) is -24.5. The second kappa shape index (κ2) is 12.0. The highest BCUT2D eigenvalue weighted by molar-refractivity contribution is 7.69. The molecule has 1 fully saturated rings. The van der Waals surface area contributed by atoms with E-state index in [1.54, 1.807) is 0 Å². The minimum Gasteiger partial charge on any atom is -0.404 e. The lowest BCUT2D eigenvalue weighted by Crippen LogP contribution is -2.58. The molecule has 9 N–H and O–H groups in total. The highest BCUT2D eigenvalue weighted by atomic mass is 31.3. The number of ether oxygens (including phenoxy) is 1. The zero-order valence-corrected chi connectivity index (χ0v) is 25.5. The molecule has 1 saturated heterocycles. The van der Waals surface area contributed by atoms with Crippen molar-refractivity contribution in [3.8, 4) is 5.75 Å². The molecule has 1 aliphatic rings. The van der Waals surface area contributed by atoms with Gasteiger partial charge in [-0.3, -0.25) is 19.4 Å². The van der Waals surface area contributed by atoms with E-state index in [2.05, 4.69) is 22.4 Å². The molecule has 46 heavy (non-hydrogen) atoms. The van der Waals surface area contributed by atoms with Crippen molar-refractivity contribution in [1.29, 1.82) is 0 Å². The van der Waals surface area contributed by atoms with Gasteiger partial charge in [0, 0.05) is 30.2 Å². The summed E-state index contributed by atoms with van der Waals surface area (Å²) in [6.45, 7) is -1.13. The number of hydrogen-bond donors (Lipinski definition) is 9. The predicted molar refractivity (Wildman–Crippen MR) is 140 cm³/mol. The third kappa shape index (κ3) is 7.06. The van der Waals surface area contributed by atoms with E-state index in [-0.39, 0.29) is 5.65 Å². The van der Waals surface area contributed by atoms with Crippen molar-refractivity contribution in [3.63, 3.8) is 0 Å². The van der Waals surface area contributed by atoms with E-state index in [1.165, 1.54) is 6.20 Å². The van der Waals surface area contributed by atoms with Gasteiger partial charge in [-0.1, -0.05) is 0 Å². The Bertz CT molecular complexity index is 1940. The van der Waals surface area contributed by atoms with Crippen LogP contribution in [0.2, 0.25) is 0 Å². The zero-order valence-electron chi connectivity index (χ0n) is 21.9. The number of nitrogens with zero attached hydrogens (tertiary/aromatic N) is 4. The number of aliphatic hydroxyl groups excluding tert-OH is 2. The number of hydrogen-bond acceptors (Lipinski definition) is 17. The number of phosphoric acid groups is 4. The number of nitro groups is 1. The third-order valence-electron chi connectivity index (χ3n) is 5.94. The SMILES string of the molecule is O=c1n([C@]2(O)O[C@H](CO)[C@@H](O)[C@]2(O)c2cc(OP(=O)(O)OP(=O)(O)OP(=O)(O)OP(=O)(O)O)cc([N+](=O)[O-])c2)ccc2nccn12. The van der Waals surface area contributed by atoms with Crippen LogP contribution in [-0.4, -0.2) is 82.6 Å². The first-order valence-corrected chi connectivity index (χ1v) is 17.6. The molecule has 1 aliphatic heterocycles. The highest BCUT2D eigenvalue weighted by Gasteiger charge is 2.68. The predicted octanol–water partition coefficient (Wildman–Crippen LogP) is -1.53. The summed E-state index contributed by atoms with van der Waals surface area (Å²) in [5.74, 6) is -4.64. The minimum absolute atomic E-state index is 0.0337. The minimum atomic E-state index is -6.32. The average molecular weight is 740 g/mol. The van der Waals surface area contributed by atoms with Gasteiger partial charge in [0.25, 0.3) is 11.6 Å². The Balaban J connectivity index is 1.79. The van der Waals surface area contributed by atoms with Gasteiger partial charge in [-0.05, 0) is 12.1 Å². The van der Waals surface area contributed by atoms with E-state index < -0.39 is 89.2 Å². The molecule has 254 valence electrons. The molecule has 0 spiro atoms. The molecule has 3 heterocycles. The molecule has 0 aliphatic carbocycles. The molecule has 29 heteroatoms. The number of aromatic nitrogens is 3. The number of nitro benzene ring substituents is 1. The van der Waals surface area contributed by atoms with E-state index in [0.717, 1.165) is 22.9 Å². The van der Waals surface area contributed by atoms with Crippen molar-refractivity contribution in [2.24, 2.45) is 0 Å². The summed E-state index contributed by atoms with van der Waals surface area (Å²) in [5, 5.41) is 55.8. The van der Waals surface area contributed by atoms with Crippen molar-refractivity contribution >= 4 is 42.6 Å². The lowest BCUT2D eigenvalue weighted by molar-refractivity contribution is -0.385. The molecule has 1 aromatic carbocycles. The Hall–Kier alpha value is -2.76. The van der Waals surface area contributed by atoms with Gasteiger partial charge in [0.1, 0.15) is 23.6 Å². The standard InChI is InChI=1S/C17H20N4O21P4/c22-8-12-14(23)16(25,17(26,38-12)20-3-1-13-18-2-4-19(13)15(20)24)9-5-10(21(27)28)7-11(6-9)39-44(32,33)41-46(36,37)42-45(34,35)40-43(29,30)31/h1-7,12,14,22-23,25-26H,8H2,(H,32,33)(H,34,35)(H,36,37)(H2,29,30,31)/t12-,14-,16-,17-/m1/s1. The quantitative estimate of drug-likeness (QED) is 0.0577. The van der Waals surface area contributed by atoms with Crippen LogP contribution in [0.1, 0.15) is 5.56 Å². The van der Waals surface area contributed by atoms with Crippen LogP contribution in [0.3, 0.4) is 0 Å². The molecule has 0 radical (unpaired) electrons. The molecule has 4 rings (SSSR count). The molecule has 3 aromatic rings. The maximum absolute atomic E-state index is 13.2. The molecule has 2 aromatic heterocycles. The van der Waals surface area contributed by atoms with Crippen molar-refractivity contribution in [2.75, 3.05) is 6.61 Å². The number of rotatable bonds is 12. The maximum atomic E-state index is 13.2. The fraction of sp³-hybridized carbons (Fsp3) is 0.294. The second-order valence-electron chi connectivity index (χ2n) is 8.99. The van der Waals surface area contributed by atoms with Gasteiger partial charge in [0.05, 0.1) is 17.6 Å². The van der Waals surface area contributed by atoms with Crippen molar-refractivity contribution in [3.05, 3.63) is 69.0 Å². The Kier molecular flexibility index (Phi) is 9.45. The number of non-ortho nitro benzene ring substituents is 1. The maximum Gasteiger partial charge on any atom is 0.536 e. The molecule has 25 nitrogen and oxygen atoms in total. The van der Waals surface area contributed by atoms with Crippen LogP contribution in [-0.2, 0) is 47.4 Å². The third-order valence-corrected chi connectivity index (χ3v) is 11.4. The topological polar surface area (TPSA) is 379 Å². The average Bonchev–Trinajstić information content (AvgIpc) is 3.44. The van der Waals surface area contributed by atoms with Gasteiger partial charge < -0.3 is 49.3 Å². The van der Waals surface area contributed by atoms with Crippen LogP contribution in [0.25, 0.3) is 5.65 Å². The highest BCUT2D eigenvalue weighted by Crippen LogP contribution is 2.70. The Labute approximate surface area is 252 Å². The van der Waals surface area contributed by atoms with E-state index in [1.807, 2.05) is 0 Å². The fourth-order valence-corrected chi connectivity index (χ4v) is 8.69. The molecule has 0 amide bonds. The lowest BCUT2D eigenvalue weighted by Gasteiger charge is -2.38. The molecule has 0 saturated carbocycles. The summed E-state index contributed by atoms with van der Waals surface area (Å²) in [5.41, 5.74) is -6.66. The summed E-state index contributed by atoms with van der Waals surface area (Å²) in [4.78, 5) is 73.5. The van der Waals surface area contributed by atoms with E-state index in [0.29, 0.717) is 22.8 Å². The molecular formula is C17H20N4O21P4. The van der Waals surface area contributed by atoms with Gasteiger partial charge in [0.15, 0.2) is 5.60 Å². The summed E-state index contributed by atoms with van der Waals surface area (Å²) < 4.78 is 68.2. The van der Waals surface area contributed by atoms with E-state index in [9.17, 15) is 68.3 Å². The Morgan fingerprint density at radius 2 is 1.59 bits per heavy atom. The molecule has 7 atom stereocenters. The van der Waals surface area contributed by atoms with Crippen molar-refractivity contribution in [1.82, 2.24) is 14.0 Å². The van der Waals surface area contributed by atoms with Crippen molar-refractivity contribution < 1.29 is 90.3 Å². The number of fused-ring (bicyclic) bond motifs is 1. The first kappa shape index (κ1) is 36.1. The smallest absolute Gasteiger partial charge is 0.404 e. The van der Waals surface area contributed by atoms with Crippen LogP contribution < -0.4 is 10.2 Å². The first-order valence-electron chi connectivity index (χ1n) is 11.6. The summed E-state index contributed by atoms with van der Waals surface area (Å²) in [6, 6.07) is 2.35. The fourth-order valence-electron chi connectivity index (χ4n) is 4.25. The first-order chi connectivity index (χ1) is 20.9. The van der Waals surface area contributed by atoms with Gasteiger partial charge >= 0.3 is 37.0 Å². The van der Waals surface area contributed by atoms with Crippen LogP contribution >= 0.6 is 31.3 Å². The van der Waals surface area contributed by atoms with Crippen LogP contribution in [0.5, 0.6) is 5.75 Å². The normalized spacial score (nSPS) is 27.5. The van der Waals surface area contributed by atoms with E-state index in [4.69, 9.17) is 14.5 Å². The van der Waals surface area contributed by atoms with E-state index >= 15 is 0 Å². The van der Waals surface area contributed by atoms with Crippen LogP contribution in [0.4, 0.5) is 5.69 Å². The largest absolute Gasteiger partial charge is 0.536 e. The summed E-state index contributed by atoms with van der Waals surface area (Å²) >= 11 is 0. The zero-order chi connectivity index (χ0) is 34.7. The summed E-state index contributed by atoms with van der Waals surface area (Å²) in [6.07, 6.45) is -1.20. The number of imidazole rings is 1. The Morgan fingerprint density at radius 1 is 0.978 bits per heavy atom. The Morgan fingerprint density at radius 3 is 2.17 bits per heavy atom. The monoisotopic (exact) mass is 740 g/mol. The molecular weight excluding hydrogens is 720 g/mol.